The second kappa shape index (κ2) is 7.23. The Balaban J connectivity index is 2.05. The third kappa shape index (κ3) is 5.10. The van der Waals surface area contributed by atoms with Gasteiger partial charge in [-0.3, -0.25) is 4.79 Å². The van der Waals surface area contributed by atoms with Crippen molar-refractivity contribution in [3.8, 4) is 0 Å². The minimum Gasteiger partial charge on any atom is -0.444 e. The Morgan fingerprint density at radius 1 is 1.24 bits per heavy atom. The fraction of sp³-hybridized carbons (Fsp3) is 0.625. The number of halogens is 3. The number of carbonyl (C=O) groups excluding carboxylic acids is 2. The lowest BCUT2D eigenvalue weighted by atomic mass is 10.0. The zero-order valence-electron chi connectivity index (χ0n) is 14.3. The van der Waals surface area contributed by atoms with Crippen LogP contribution in [0.5, 0.6) is 0 Å². The van der Waals surface area contributed by atoms with E-state index in [-0.39, 0.29) is 35.7 Å². The van der Waals surface area contributed by atoms with Crippen molar-refractivity contribution in [1.82, 2.24) is 9.80 Å². The molecule has 0 radical (unpaired) electrons. The van der Waals surface area contributed by atoms with Gasteiger partial charge >= 0.3 is 12.4 Å². The first-order valence-electron chi connectivity index (χ1n) is 7.91. The van der Waals surface area contributed by atoms with E-state index in [2.05, 4.69) is 0 Å². The first-order valence-corrected chi connectivity index (χ1v) is 8.79. The number of hydrogen-bond donors (Lipinski definition) is 0. The second-order valence-electron chi connectivity index (χ2n) is 6.82. The van der Waals surface area contributed by atoms with E-state index in [1.54, 1.807) is 26.2 Å². The highest BCUT2D eigenvalue weighted by atomic mass is 32.1. The summed E-state index contributed by atoms with van der Waals surface area (Å²) in [5.41, 5.74) is -0.666. The molecule has 2 heterocycles. The van der Waals surface area contributed by atoms with E-state index in [1.165, 1.54) is 17.0 Å². The molecule has 0 saturated carbocycles. The molecule has 25 heavy (non-hydrogen) atoms. The molecule has 0 aliphatic carbocycles. The number of thiophene rings is 1. The van der Waals surface area contributed by atoms with Crippen molar-refractivity contribution in [2.75, 3.05) is 13.1 Å². The van der Waals surface area contributed by atoms with Gasteiger partial charge in [-0.2, -0.15) is 0 Å². The van der Waals surface area contributed by atoms with Crippen molar-refractivity contribution in [1.29, 1.82) is 0 Å². The van der Waals surface area contributed by atoms with Crippen LogP contribution in [-0.2, 0) is 4.74 Å². The average molecular weight is 378 g/mol. The zero-order valence-corrected chi connectivity index (χ0v) is 15.1. The minimum atomic E-state index is -4.76. The van der Waals surface area contributed by atoms with E-state index < -0.39 is 29.9 Å². The van der Waals surface area contributed by atoms with E-state index in [0.717, 1.165) is 11.3 Å². The van der Waals surface area contributed by atoms with Crippen LogP contribution in [0.15, 0.2) is 17.5 Å². The van der Waals surface area contributed by atoms with E-state index in [1.807, 2.05) is 0 Å². The molecule has 0 unspecified atom stereocenters. The summed E-state index contributed by atoms with van der Waals surface area (Å²) >= 11 is 0.976. The van der Waals surface area contributed by atoms with Gasteiger partial charge < -0.3 is 9.64 Å². The largest absolute Gasteiger partial charge is 0.487 e. The van der Waals surface area contributed by atoms with Crippen LogP contribution >= 0.6 is 11.3 Å². The van der Waals surface area contributed by atoms with Crippen LogP contribution in [0.4, 0.5) is 18.0 Å². The van der Waals surface area contributed by atoms with Gasteiger partial charge in [0.15, 0.2) is 0 Å². The summed E-state index contributed by atoms with van der Waals surface area (Å²) in [6.07, 6.45) is -5.21. The third-order valence-electron chi connectivity index (χ3n) is 3.71. The quantitative estimate of drug-likeness (QED) is 0.728. The standard InChI is InChI=1S/C16H21F3N2O3S/c1-15(2,3)24-14(23)20-8-6-11(7-9-20)21(16(17,18)19)13(22)12-5-4-10-25-12/h4-5,10-11H,6-9H2,1-3H3. The Hall–Kier alpha value is -1.77. The number of nitrogens with zero attached hydrogens (tertiary/aromatic N) is 2. The molecule has 1 aliphatic rings. The SMILES string of the molecule is CC(C)(C)OC(=O)N1CCC(N(C(=O)c2cccs2)C(F)(F)F)CC1. The first-order chi connectivity index (χ1) is 11.5. The molecule has 1 fully saturated rings. The Bertz CT molecular complexity index is 603. The van der Waals surface area contributed by atoms with E-state index in [4.69, 9.17) is 4.74 Å². The smallest absolute Gasteiger partial charge is 0.444 e. The van der Waals surface area contributed by atoms with Crippen molar-refractivity contribution in [3.63, 3.8) is 0 Å². The predicted molar refractivity (Wildman–Crippen MR) is 87.4 cm³/mol. The fourth-order valence-corrected chi connectivity index (χ4v) is 3.30. The van der Waals surface area contributed by atoms with Crippen LogP contribution in [0.25, 0.3) is 0 Å². The van der Waals surface area contributed by atoms with E-state index in [0.29, 0.717) is 0 Å². The third-order valence-corrected chi connectivity index (χ3v) is 4.56. The van der Waals surface area contributed by atoms with Gasteiger partial charge in [0.25, 0.3) is 5.91 Å². The summed E-state index contributed by atoms with van der Waals surface area (Å²) in [6, 6.07) is 1.92. The molecule has 1 aliphatic heterocycles. The summed E-state index contributed by atoms with van der Waals surface area (Å²) < 4.78 is 45.5. The maximum absolute atomic E-state index is 13.4. The summed E-state index contributed by atoms with van der Waals surface area (Å²) in [5.74, 6) is -1.04. The number of ether oxygens (including phenoxy) is 1. The lowest BCUT2D eigenvalue weighted by molar-refractivity contribution is -0.239. The molecule has 5 nitrogen and oxygen atoms in total. The molecule has 2 amide bonds. The lowest BCUT2D eigenvalue weighted by Crippen LogP contribution is -2.54. The number of hydrogen-bond acceptors (Lipinski definition) is 4. The van der Waals surface area contributed by atoms with Gasteiger partial charge in [-0.1, -0.05) is 6.07 Å². The molecule has 9 heteroatoms. The highest BCUT2D eigenvalue weighted by molar-refractivity contribution is 7.12. The molecule has 2 rings (SSSR count). The number of carbonyl (C=O) groups is 2. The van der Waals surface area contributed by atoms with Crippen molar-refractivity contribution in [2.45, 2.75) is 51.6 Å². The van der Waals surface area contributed by atoms with Crippen molar-refractivity contribution >= 4 is 23.3 Å². The Morgan fingerprint density at radius 2 is 1.84 bits per heavy atom. The van der Waals surface area contributed by atoms with E-state index in [9.17, 15) is 22.8 Å². The number of likely N-dealkylation sites (tertiary alicyclic amines) is 1. The fourth-order valence-electron chi connectivity index (χ4n) is 2.64. The van der Waals surface area contributed by atoms with Crippen LogP contribution in [0.3, 0.4) is 0 Å². The molecular formula is C16H21F3N2O3S. The maximum atomic E-state index is 13.4. The number of piperidine rings is 1. The van der Waals surface area contributed by atoms with Crippen molar-refractivity contribution in [3.05, 3.63) is 22.4 Å². The highest BCUT2D eigenvalue weighted by Crippen LogP contribution is 2.31. The van der Waals surface area contributed by atoms with Crippen LogP contribution in [0.2, 0.25) is 0 Å². The van der Waals surface area contributed by atoms with Crippen LogP contribution < -0.4 is 0 Å². The van der Waals surface area contributed by atoms with Gasteiger partial charge in [0.2, 0.25) is 0 Å². The molecule has 0 atom stereocenters. The Kier molecular flexibility index (Phi) is 5.65. The molecule has 140 valence electrons. The Morgan fingerprint density at radius 3 is 2.28 bits per heavy atom. The highest BCUT2D eigenvalue weighted by Gasteiger charge is 2.47. The second-order valence-corrected chi connectivity index (χ2v) is 7.77. The number of alkyl halides is 3. The molecule has 0 spiro atoms. The van der Waals surface area contributed by atoms with Gasteiger partial charge in [0.05, 0.1) is 4.88 Å². The van der Waals surface area contributed by atoms with Crippen molar-refractivity contribution < 1.29 is 27.5 Å². The maximum Gasteiger partial charge on any atom is 0.487 e. The van der Waals surface area contributed by atoms with Gasteiger partial charge in [-0.05, 0) is 45.1 Å². The van der Waals surface area contributed by atoms with Crippen LogP contribution in [0.1, 0.15) is 43.3 Å². The molecule has 1 saturated heterocycles. The molecule has 1 aromatic heterocycles. The molecule has 0 bridgehead atoms. The first kappa shape index (κ1) is 19.6. The normalized spacial score (nSPS) is 16.6. The molecule has 0 aromatic carbocycles. The minimum absolute atomic E-state index is 0.00867. The average Bonchev–Trinajstić information content (AvgIpc) is 2.99. The summed E-state index contributed by atoms with van der Waals surface area (Å²) in [6.45, 7) is 5.40. The topological polar surface area (TPSA) is 49.9 Å². The van der Waals surface area contributed by atoms with E-state index >= 15 is 0 Å². The van der Waals surface area contributed by atoms with Crippen LogP contribution in [-0.4, -0.2) is 52.8 Å². The Labute approximate surface area is 148 Å². The predicted octanol–water partition coefficient (Wildman–Crippen LogP) is 4.11. The number of rotatable bonds is 2. The number of amides is 2. The summed E-state index contributed by atoms with van der Waals surface area (Å²) in [5, 5.41) is 1.56. The molecule has 1 aromatic rings. The van der Waals surface area contributed by atoms with Gasteiger partial charge in [0, 0.05) is 19.1 Å². The van der Waals surface area contributed by atoms with Crippen molar-refractivity contribution in [2.24, 2.45) is 0 Å². The van der Waals surface area contributed by atoms with Gasteiger partial charge in [0.1, 0.15) is 5.60 Å². The summed E-state index contributed by atoms with van der Waals surface area (Å²) in [4.78, 5) is 25.7. The lowest BCUT2D eigenvalue weighted by Gasteiger charge is -2.39. The molecule has 0 N–H and O–H groups in total. The van der Waals surface area contributed by atoms with Crippen LogP contribution in [0, 0.1) is 0 Å². The summed E-state index contributed by atoms with van der Waals surface area (Å²) in [7, 11) is 0. The molecular weight excluding hydrogens is 357 g/mol. The zero-order chi connectivity index (χ0) is 18.8. The van der Waals surface area contributed by atoms with Gasteiger partial charge in [-0.15, -0.1) is 24.5 Å². The van der Waals surface area contributed by atoms with Gasteiger partial charge in [-0.25, -0.2) is 9.69 Å². The monoisotopic (exact) mass is 378 g/mol.